The Balaban J connectivity index is -0.000000206. The number of allylic oxidation sites excluding steroid dienone is 8. The Kier molecular flexibility index (Phi) is 20.2. The number of halogens is 5. The van der Waals surface area contributed by atoms with Crippen LogP contribution >= 0.6 is 0 Å². The van der Waals surface area contributed by atoms with Crippen molar-refractivity contribution in [2.45, 2.75) is 12.1 Å². The summed E-state index contributed by atoms with van der Waals surface area (Å²) in [6.45, 7) is 6.00. The molecule has 0 N–H and O–H groups in total. The molecule has 0 fully saturated rings. The van der Waals surface area contributed by atoms with Crippen LogP contribution < -0.4 is 0 Å². The van der Waals surface area contributed by atoms with Crippen molar-refractivity contribution in [2.75, 3.05) is 0 Å². The zero-order valence-electron chi connectivity index (χ0n) is 11.1. The van der Waals surface area contributed by atoms with Gasteiger partial charge in [-0.2, -0.15) is 22.0 Å². The van der Waals surface area contributed by atoms with Gasteiger partial charge in [-0.05, 0) is 0 Å². The van der Waals surface area contributed by atoms with Crippen LogP contribution in [0.15, 0.2) is 48.1 Å². The molecule has 0 aliphatic heterocycles. The first-order valence-electron chi connectivity index (χ1n) is 4.89. The van der Waals surface area contributed by atoms with Gasteiger partial charge in [-0.1, -0.05) is 42.5 Å². The van der Waals surface area contributed by atoms with E-state index < -0.39 is 17.7 Å². The van der Waals surface area contributed by atoms with Gasteiger partial charge in [0.25, 0.3) is 0 Å². The van der Waals surface area contributed by atoms with Gasteiger partial charge < -0.3 is 14.4 Å². The van der Waals surface area contributed by atoms with Gasteiger partial charge in [0.05, 0.1) is 0 Å². The van der Waals surface area contributed by atoms with Gasteiger partial charge in [-0.25, -0.2) is 0 Å². The molecule has 0 spiro atoms. The molecule has 0 amide bonds. The number of alkyl halides is 5. The number of hydrogen-bond donors (Lipinski definition) is 0. The van der Waals surface area contributed by atoms with Crippen LogP contribution in [0.4, 0.5) is 22.0 Å². The van der Waals surface area contributed by atoms with E-state index in [1.165, 1.54) is 18.2 Å². The Labute approximate surface area is 137 Å². The maximum atomic E-state index is 12.8. The zero-order valence-corrected chi connectivity index (χ0v) is 12.9. The normalized spacial score (nSPS) is 15.2. The molecular weight excluding hydrogens is 400 g/mol. The molecule has 9 heteroatoms. The van der Waals surface area contributed by atoms with Crippen LogP contribution in [0.3, 0.4) is 0 Å². The van der Waals surface area contributed by atoms with Crippen LogP contribution in [0.2, 0.25) is 0 Å². The van der Waals surface area contributed by atoms with Gasteiger partial charge in [0, 0.05) is 25.1 Å². The summed E-state index contributed by atoms with van der Waals surface area (Å²) < 4.78 is 61.6. The Morgan fingerprint density at radius 1 is 0.682 bits per heavy atom. The zero-order chi connectivity index (χ0) is 17.5. The van der Waals surface area contributed by atoms with Gasteiger partial charge in [0.15, 0.2) is 0 Å². The van der Waals surface area contributed by atoms with Crippen molar-refractivity contribution in [1.82, 2.24) is 0 Å². The summed E-state index contributed by atoms with van der Waals surface area (Å²) in [6.07, 6.45) is 2.45. The standard InChI is InChI=1S/C10H7F5.3CH2O.Ru/c11-9(12,10(13,14)15)8-6-4-2-1-3-5-7-8;3*1-2;/h1-7H;3*1H2;/b2-1-,3-1?,4-2?,5-3-,6-4?,7-5?,8-6?,8-7?;;;;. The summed E-state index contributed by atoms with van der Waals surface area (Å²) >= 11 is 0. The number of carbonyl (C=O) groups excluding carboxylic acids is 3. The monoisotopic (exact) mass is 414 g/mol. The van der Waals surface area contributed by atoms with E-state index in [2.05, 4.69) is 0 Å². The first-order valence-corrected chi connectivity index (χ1v) is 4.89. The molecule has 0 atom stereocenters. The van der Waals surface area contributed by atoms with Crippen LogP contribution in [0.25, 0.3) is 0 Å². The number of rotatable bonds is 1. The van der Waals surface area contributed by atoms with Gasteiger partial charge in [-0.3, -0.25) is 0 Å². The topological polar surface area (TPSA) is 51.2 Å². The quantitative estimate of drug-likeness (QED) is 0.490. The largest absolute Gasteiger partial charge is 0.458 e. The Bertz CT molecular complexity index is 396. The second-order valence-corrected chi connectivity index (χ2v) is 2.82. The third kappa shape index (κ3) is 10.0. The number of hydrogen-bond acceptors (Lipinski definition) is 3. The van der Waals surface area contributed by atoms with Crippen molar-refractivity contribution in [1.29, 1.82) is 0 Å². The summed E-state index contributed by atoms with van der Waals surface area (Å²) in [5.41, 5.74) is -1.07. The van der Waals surface area contributed by atoms with Gasteiger partial charge in [-0.15, -0.1) is 0 Å². The Morgan fingerprint density at radius 3 is 1.45 bits per heavy atom. The van der Waals surface area contributed by atoms with E-state index in [1.807, 2.05) is 20.4 Å². The van der Waals surface area contributed by atoms with E-state index in [-0.39, 0.29) is 19.5 Å². The summed E-state index contributed by atoms with van der Waals surface area (Å²) in [7, 11) is 0. The number of carbonyl (C=O) groups is 3. The van der Waals surface area contributed by atoms with Gasteiger partial charge >= 0.3 is 12.1 Å². The molecule has 0 bridgehead atoms. The molecule has 126 valence electrons. The maximum Gasteiger partial charge on any atom is 0.458 e. The van der Waals surface area contributed by atoms with E-state index in [0.717, 1.165) is 24.3 Å². The van der Waals surface area contributed by atoms with Gasteiger partial charge in [0.2, 0.25) is 0 Å². The fourth-order valence-electron chi connectivity index (χ4n) is 0.939. The minimum absolute atomic E-state index is 0. The average Bonchev–Trinajstić information content (AvgIpc) is 2.43. The fourth-order valence-corrected chi connectivity index (χ4v) is 0.939. The molecule has 0 aromatic heterocycles. The molecule has 22 heavy (non-hydrogen) atoms. The maximum absolute atomic E-state index is 12.8. The average molecular weight is 413 g/mol. The predicted octanol–water partition coefficient (Wildman–Crippen LogP) is 3.24. The SMILES string of the molecule is C=O.C=O.C=O.FC(F)(F)C(F)(F)C1=C/C=C\C=C/C=C1.[Ru]. The molecule has 0 aromatic carbocycles. The summed E-state index contributed by atoms with van der Waals surface area (Å²) in [5.74, 6) is -4.82. The molecule has 0 radical (unpaired) electrons. The second-order valence-electron chi connectivity index (χ2n) is 2.82. The molecule has 1 rings (SSSR count). The van der Waals surface area contributed by atoms with E-state index in [0.29, 0.717) is 0 Å². The third-order valence-electron chi connectivity index (χ3n) is 1.71. The minimum atomic E-state index is -5.57. The van der Waals surface area contributed by atoms with Crippen molar-refractivity contribution in [3.63, 3.8) is 0 Å². The van der Waals surface area contributed by atoms with E-state index in [9.17, 15) is 22.0 Å². The van der Waals surface area contributed by atoms with Crippen LogP contribution in [0.1, 0.15) is 0 Å². The molecule has 0 saturated heterocycles. The van der Waals surface area contributed by atoms with Crippen LogP contribution in [-0.2, 0) is 33.9 Å². The first-order chi connectivity index (χ1) is 9.86. The molecule has 1 aliphatic carbocycles. The summed E-state index contributed by atoms with van der Waals surface area (Å²) in [4.78, 5) is 24.0. The summed E-state index contributed by atoms with van der Waals surface area (Å²) in [5, 5.41) is 0. The second kappa shape index (κ2) is 15.6. The molecular formula is C13H13F5O3Ru. The third-order valence-corrected chi connectivity index (χ3v) is 1.71. The minimum Gasteiger partial charge on any atom is -0.307 e. The van der Waals surface area contributed by atoms with Crippen LogP contribution in [0.5, 0.6) is 0 Å². The molecule has 0 unspecified atom stereocenters. The van der Waals surface area contributed by atoms with E-state index in [1.54, 1.807) is 0 Å². The van der Waals surface area contributed by atoms with E-state index >= 15 is 0 Å². The molecule has 0 heterocycles. The van der Waals surface area contributed by atoms with Gasteiger partial charge in [0.1, 0.15) is 20.4 Å². The van der Waals surface area contributed by atoms with Crippen LogP contribution in [-0.4, -0.2) is 32.5 Å². The molecule has 3 nitrogen and oxygen atoms in total. The van der Waals surface area contributed by atoms with Crippen molar-refractivity contribution in [3.05, 3.63) is 48.1 Å². The molecule has 0 saturated carbocycles. The van der Waals surface area contributed by atoms with Crippen molar-refractivity contribution in [2.24, 2.45) is 0 Å². The summed E-state index contributed by atoms with van der Waals surface area (Å²) in [6, 6.07) is 0. The smallest absolute Gasteiger partial charge is 0.307 e. The van der Waals surface area contributed by atoms with Crippen molar-refractivity contribution < 1.29 is 55.8 Å². The van der Waals surface area contributed by atoms with Crippen molar-refractivity contribution in [3.8, 4) is 0 Å². The Hall–Kier alpha value is -1.76. The fraction of sp³-hybridized carbons (Fsp3) is 0.154. The predicted molar refractivity (Wildman–Crippen MR) is 67.9 cm³/mol. The van der Waals surface area contributed by atoms with E-state index in [4.69, 9.17) is 14.4 Å². The van der Waals surface area contributed by atoms with Crippen LogP contribution in [0, 0.1) is 0 Å². The molecule has 0 aromatic rings. The van der Waals surface area contributed by atoms with Crippen molar-refractivity contribution >= 4 is 20.4 Å². The first kappa shape index (κ1) is 28.4. The Morgan fingerprint density at radius 2 is 1.05 bits per heavy atom. The molecule has 1 aliphatic rings.